The number of aromatic hydroxyl groups is 1. The topological polar surface area (TPSA) is 127 Å². The molecule has 0 aliphatic carbocycles. The van der Waals surface area contributed by atoms with Crippen LogP contribution in [-0.2, 0) is 33.0 Å². The van der Waals surface area contributed by atoms with Gasteiger partial charge >= 0.3 is 0 Å². The average Bonchev–Trinajstić information content (AvgIpc) is 3.49. The average molecular weight is 1020 g/mol. The van der Waals surface area contributed by atoms with Crippen LogP contribution >= 0.6 is 0 Å². The van der Waals surface area contributed by atoms with Gasteiger partial charge in [0.15, 0.2) is 11.5 Å². The van der Waals surface area contributed by atoms with Crippen molar-refractivity contribution in [2.75, 3.05) is 0 Å². The van der Waals surface area contributed by atoms with Gasteiger partial charge in [-0.1, -0.05) is 152 Å². The van der Waals surface area contributed by atoms with Crippen LogP contribution in [0.2, 0.25) is 0 Å². The van der Waals surface area contributed by atoms with Crippen LogP contribution in [0.1, 0.15) is 38.9 Å². The summed E-state index contributed by atoms with van der Waals surface area (Å²) in [6.07, 6.45) is 0. The zero-order valence-corrected chi connectivity index (χ0v) is 42.5. The fourth-order valence-corrected chi connectivity index (χ4v) is 8.64. The molecule has 0 radical (unpaired) electrons. The van der Waals surface area contributed by atoms with E-state index >= 15 is 0 Å². The van der Waals surface area contributed by atoms with Gasteiger partial charge in [-0.25, -0.2) is 0 Å². The van der Waals surface area contributed by atoms with Crippen molar-refractivity contribution in [2.45, 2.75) is 46.9 Å². The lowest BCUT2D eigenvalue weighted by atomic mass is 10.1. The molecule has 1 N–H and O–H groups in total. The van der Waals surface area contributed by atoms with Crippen molar-refractivity contribution in [3.05, 3.63) is 284 Å². The summed E-state index contributed by atoms with van der Waals surface area (Å²) in [6, 6.07) is 71.0. The molecule has 2 heterocycles. The fourth-order valence-electron chi connectivity index (χ4n) is 8.64. The molecular formula is C67H54O10. The third kappa shape index (κ3) is 12.6. The molecule has 0 unspecified atom stereocenters. The number of rotatable bonds is 17. The van der Waals surface area contributed by atoms with E-state index in [1.165, 1.54) is 0 Å². The van der Waals surface area contributed by atoms with Crippen LogP contribution in [0.15, 0.2) is 243 Å². The summed E-state index contributed by atoms with van der Waals surface area (Å²) >= 11 is 0. The molecule has 2 aromatic heterocycles. The van der Waals surface area contributed by atoms with Gasteiger partial charge in [0.1, 0.15) is 78.0 Å². The number of hydrogen-bond acceptors (Lipinski definition) is 10. The minimum Gasteiger partial charge on any atom is -0.502 e. The van der Waals surface area contributed by atoms with Gasteiger partial charge in [0.2, 0.25) is 22.4 Å². The quantitative estimate of drug-likeness (QED) is 0.0942. The smallest absolute Gasteiger partial charge is 0.239 e. The van der Waals surface area contributed by atoms with Crippen molar-refractivity contribution in [1.82, 2.24) is 0 Å². The molecular weight excluding hydrogens is 965 g/mol. The van der Waals surface area contributed by atoms with E-state index in [1.807, 2.05) is 202 Å². The molecule has 0 spiro atoms. The summed E-state index contributed by atoms with van der Waals surface area (Å²) in [6.45, 7) is 5.60. The van der Waals surface area contributed by atoms with Crippen molar-refractivity contribution < 1.29 is 37.6 Å². The van der Waals surface area contributed by atoms with Crippen LogP contribution in [0.5, 0.6) is 34.5 Å². The number of hydrogen-bond donors (Lipinski definition) is 1. The van der Waals surface area contributed by atoms with Crippen molar-refractivity contribution in [3.8, 4) is 57.1 Å². The van der Waals surface area contributed by atoms with Gasteiger partial charge in [-0.3, -0.25) is 9.59 Å². The molecule has 9 aromatic carbocycles. The van der Waals surface area contributed by atoms with E-state index in [9.17, 15) is 14.7 Å². The standard InChI is InChI=1S/C37H30O5.C30H24O5/c1-26-21-32(40-24-28-13-7-3-8-14-28)34-33(22-26)42-36(37(35(34)38)41-25-29-15-9-4-10-16-29)30-17-19-31(20-18-30)39-23-27-11-5-2-6-12-27;1-20-16-25(34-19-22-10-6-3-7-11-22)27-26(17-20)35-30(29(32)28(27)31)23-12-14-24(15-13-23)33-18-21-8-4-2-5-9-21/h2-22H,23-25H2,1H3;2-17,32H,18-19H2,1H3. The second kappa shape index (κ2) is 24.0. The number of aryl methyl sites for hydroxylation is 2. The molecule has 382 valence electrons. The first-order valence-corrected chi connectivity index (χ1v) is 25.2. The molecule has 11 rings (SSSR count). The van der Waals surface area contributed by atoms with Crippen LogP contribution in [-0.4, -0.2) is 5.11 Å². The van der Waals surface area contributed by atoms with Crippen LogP contribution in [0.3, 0.4) is 0 Å². The predicted molar refractivity (Wildman–Crippen MR) is 301 cm³/mol. The Bertz CT molecular complexity index is 3840. The second-order valence-corrected chi connectivity index (χ2v) is 18.4. The van der Waals surface area contributed by atoms with Gasteiger partial charge in [0.05, 0.1) is 0 Å². The van der Waals surface area contributed by atoms with E-state index in [4.69, 9.17) is 32.5 Å². The van der Waals surface area contributed by atoms with Crippen molar-refractivity contribution in [3.63, 3.8) is 0 Å². The van der Waals surface area contributed by atoms with Gasteiger partial charge in [-0.05, 0) is 126 Å². The second-order valence-electron chi connectivity index (χ2n) is 18.4. The van der Waals surface area contributed by atoms with Crippen LogP contribution < -0.4 is 34.5 Å². The molecule has 0 amide bonds. The van der Waals surface area contributed by atoms with Crippen LogP contribution in [0, 0.1) is 13.8 Å². The lowest BCUT2D eigenvalue weighted by Crippen LogP contribution is -2.12. The third-order valence-electron chi connectivity index (χ3n) is 12.6. The molecule has 0 atom stereocenters. The maximum absolute atomic E-state index is 14.1. The molecule has 0 aliphatic rings. The highest BCUT2D eigenvalue weighted by molar-refractivity contribution is 5.89. The number of fused-ring (bicyclic) bond motifs is 2. The SMILES string of the molecule is Cc1cc(OCc2ccccc2)c2c(=O)c(O)c(-c3ccc(OCc4ccccc4)cc3)oc2c1.Cc1cc(OCc2ccccc2)c2c(=O)c(OCc3ccccc3)c(-c3ccc(OCc4ccccc4)cc3)oc2c1. The fraction of sp³-hybridized carbons (Fsp3) is 0.104. The largest absolute Gasteiger partial charge is 0.502 e. The van der Waals surface area contributed by atoms with E-state index in [0.717, 1.165) is 38.9 Å². The Morgan fingerprint density at radius 2 is 0.688 bits per heavy atom. The Balaban J connectivity index is 0.000000178. The first kappa shape index (κ1) is 50.7. The van der Waals surface area contributed by atoms with E-state index in [-0.39, 0.29) is 28.9 Å². The summed E-state index contributed by atoms with van der Waals surface area (Å²) in [5, 5.41) is 11.3. The van der Waals surface area contributed by atoms with E-state index in [2.05, 4.69) is 0 Å². The Morgan fingerprint density at radius 1 is 0.364 bits per heavy atom. The number of ether oxygens (including phenoxy) is 5. The lowest BCUT2D eigenvalue weighted by molar-refractivity contribution is 0.295. The molecule has 0 fully saturated rings. The van der Waals surface area contributed by atoms with Crippen molar-refractivity contribution >= 4 is 21.9 Å². The van der Waals surface area contributed by atoms with E-state index in [1.54, 1.807) is 36.4 Å². The van der Waals surface area contributed by atoms with Crippen molar-refractivity contribution in [2.24, 2.45) is 0 Å². The Morgan fingerprint density at radius 3 is 1.08 bits per heavy atom. The minimum atomic E-state index is -0.534. The molecule has 0 saturated carbocycles. The highest BCUT2D eigenvalue weighted by Crippen LogP contribution is 2.38. The summed E-state index contributed by atoms with van der Waals surface area (Å²) in [7, 11) is 0. The first-order chi connectivity index (χ1) is 37.7. The van der Waals surface area contributed by atoms with Gasteiger partial charge in [0.25, 0.3) is 0 Å². The third-order valence-corrected chi connectivity index (χ3v) is 12.6. The van der Waals surface area contributed by atoms with Crippen LogP contribution in [0.4, 0.5) is 0 Å². The molecule has 10 heteroatoms. The molecule has 10 nitrogen and oxygen atoms in total. The summed E-state index contributed by atoms with van der Waals surface area (Å²) in [5.74, 6) is 2.38. The Kier molecular flexibility index (Phi) is 15.8. The molecule has 0 saturated heterocycles. The Hall–Kier alpha value is -9.80. The maximum atomic E-state index is 14.1. The maximum Gasteiger partial charge on any atom is 0.239 e. The zero-order chi connectivity index (χ0) is 52.9. The van der Waals surface area contributed by atoms with Gasteiger partial charge in [-0.2, -0.15) is 0 Å². The van der Waals surface area contributed by atoms with Crippen molar-refractivity contribution in [1.29, 1.82) is 0 Å². The molecule has 0 bridgehead atoms. The minimum absolute atomic E-state index is 0.108. The van der Waals surface area contributed by atoms with Gasteiger partial charge in [-0.15, -0.1) is 0 Å². The Labute approximate surface area is 445 Å². The van der Waals surface area contributed by atoms with Gasteiger partial charge < -0.3 is 37.6 Å². The summed E-state index contributed by atoms with van der Waals surface area (Å²) in [5.41, 5.74) is 8.12. The van der Waals surface area contributed by atoms with Crippen LogP contribution in [0.25, 0.3) is 44.6 Å². The van der Waals surface area contributed by atoms with E-state index in [0.29, 0.717) is 82.9 Å². The predicted octanol–water partition coefficient (Wildman–Crippen LogP) is 15.1. The molecule has 11 aromatic rings. The highest BCUT2D eigenvalue weighted by Gasteiger charge is 2.23. The zero-order valence-electron chi connectivity index (χ0n) is 42.5. The number of benzene rings is 9. The normalized spacial score (nSPS) is 10.9. The molecule has 77 heavy (non-hydrogen) atoms. The summed E-state index contributed by atoms with van der Waals surface area (Å²) in [4.78, 5) is 27.3. The van der Waals surface area contributed by atoms with Gasteiger partial charge in [0, 0.05) is 11.1 Å². The monoisotopic (exact) mass is 1020 g/mol. The lowest BCUT2D eigenvalue weighted by Gasteiger charge is -2.15. The first-order valence-electron chi connectivity index (χ1n) is 25.2. The van der Waals surface area contributed by atoms with E-state index < -0.39 is 11.2 Å². The molecule has 0 aliphatic heterocycles. The highest BCUT2D eigenvalue weighted by atomic mass is 16.5. The summed E-state index contributed by atoms with van der Waals surface area (Å²) < 4.78 is 42.6.